The number of phenolic OH excluding ortho intramolecular Hbond substituents is 1. The molecule has 44 heavy (non-hydrogen) atoms. The van der Waals surface area contributed by atoms with Gasteiger partial charge < -0.3 is 43.8 Å². The monoisotopic (exact) mass is 606 g/mol. The number of carbonyl (C=O) groups is 2. The van der Waals surface area contributed by atoms with Gasteiger partial charge in [-0.05, 0) is 35.9 Å². The zero-order valence-electron chi connectivity index (χ0n) is 22.8. The number of hydroxylamine groups is 2. The lowest BCUT2D eigenvalue weighted by Crippen LogP contribution is -3.07. The highest BCUT2D eigenvalue weighted by molar-refractivity contribution is 6.06. The van der Waals surface area contributed by atoms with Crippen molar-refractivity contribution in [1.82, 2.24) is 0 Å². The molecule has 4 heterocycles. The first kappa shape index (κ1) is 29.2. The Hall–Kier alpha value is -4.86. The highest BCUT2D eigenvalue weighted by atomic mass is 16.8. The van der Waals surface area contributed by atoms with Crippen LogP contribution in [0.1, 0.15) is 6.42 Å². The number of quaternary nitrogens is 1. The molecule has 1 fully saturated rings. The van der Waals surface area contributed by atoms with Gasteiger partial charge in [0, 0.05) is 12.3 Å². The summed E-state index contributed by atoms with van der Waals surface area (Å²) in [5.41, 5.74) is 2.33. The van der Waals surface area contributed by atoms with Crippen LogP contribution in [0.3, 0.4) is 0 Å². The number of benzene rings is 2. The molecule has 0 saturated carbocycles. The van der Waals surface area contributed by atoms with Crippen LogP contribution in [0.25, 0.3) is 22.1 Å². The Balaban J connectivity index is 1.25. The number of hydrogen-bond acceptors (Lipinski definition) is 13. The molecule has 2 aromatic carbocycles. The number of phenols is 1. The maximum absolute atomic E-state index is 13.2. The van der Waals surface area contributed by atoms with E-state index in [4.69, 9.17) is 23.5 Å². The van der Waals surface area contributed by atoms with Crippen LogP contribution >= 0.6 is 0 Å². The van der Waals surface area contributed by atoms with Crippen molar-refractivity contribution in [3.05, 3.63) is 83.0 Å². The zero-order valence-corrected chi connectivity index (χ0v) is 22.8. The van der Waals surface area contributed by atoms with E-state index in [-0.39, 0.29) is 33.5 Å². The van der Waals surface area contributed by atoms with Crippen LogP contribution in [0.15, 0.2) is 87.0 Å². The number of nitrogens with one attached hydrogen (secondary N) is 1. The third-order valence-electron chi connectivity index (χ3n) is 7.28. The van der Waals surface area contributed by atoms with Gasteiger partial charge in [0.1, 0.15) is 60.2 Å². The van der Waals surface area contributed by atoms with Gasteiger partial charge in [-0.3, -0.25) is 14.6 Å². The van der Waals surface area contributed by atoms with Crippen LogP contribution in [0.5, 0.6) is 11.5 Å². The third kappa shape index (κ3) is 5.97. The number of carboxylic acids is 1. The average Bonchev–Trinajstić information content (AvgIpc) is 3.59. The fraction of sp³-hybridized carbons (Fsp3) is 0.267. The normalized spacial score (nSPS) is 25.8. The van der Waals surface area contributed by atoms with Gasteiger partial charge >= 0.3 is 5.97 Å². The van der Waals surface area contributed by atoms with Crippen molar-refractivity contribution in [3.63, 3.8) is 0 Å². The summed E-state index contributed by atoms with van der Waals surface area (Å²) in [5.74, 6) is -2.54. The maximum atomic E-state index is 13.2. The number of aromatic hydroxyl groups is 1. The number of rotatable bonds is 9. The van der Waals surface area contributed by atoms with Crippen LogP contribution in [0.4, 0.5) is 0 Å². The number of aliphatic carboxylic acids is 1. The van der Waals surface area contributed by atoms with Crippen molar-refractivity contribution < 1.29 is 58.5 Å². The third-order valence-corrected chi connectivity index (χ3v) is 7.28. The molecule has 3 aromatic rings. The van der Waals surface area contributed by atoms with E-state index in [1.165, 1.54) is 36.6 Å². The number of carbonyl (C=O) groups excluding carboxylic acids is 2. The molecular formula is C30H26N2O12. The van der Waals surface area contributed by atoms with E-state index >= 15 is 0 Å². The number of aliphatic imine (C=N–C) groups is 1. The molecule has 14 nitrogen and oxygen atoms in total. The second-order valence-corrected chi connectivity index (χ2v) is 10.3. The number of esters is 1. The molecular weight excluding hydrogens is 580 g/mol. The van der Waals surface area contributed by atoms with Crippen LogP contribution in [0.2, 0.25) is 0 Å². The topological polar surface area (TPSA) is 202 Å². The lowest BCUT2D eigenvalue weighted by Gasteiger charge is -2.41. The molecule has 6 atom stereocenters. The SMILES string of the molecule is O=C([O-])CC(=O)OC[C@@H]1O[C@@H](Oc2ccc3c(=O)c(-c4ccc(O)cc4)coc3c2)[C@@H](O[NH+]2C=C3C=CN=C3C2)[C@H](O)[C@H]1O. The van der Waals surface area contributed by atoms with Gasteiger partial charge in [0.25, 0.3) is 0 Å². The van der Waals surface area contributed by atoms with Crippen molar-refractivity contribution >= 4 is 28.6 Å². The highest BCUT2D eigenvalue weighted by Gasteiger charge is 2.50. The fourth-order valence-corrected chi connectivity index (χ4v) is 5.06. The molecule has 1 unspecified atom stereocenters. The summed E-state index contributed by atoms with van der Waals surface area (Å²) < 4.78 is 22.5. The number of aliphatic hydroxyl groups is 2. The number of fused-ring (bicyclic) bond motifs is 2. The fourth-order valence-electron chi connectivity index (χ4n) is 5.06. The predicted molar refractivity (Wildman–Crippen MR) is 147 cm³/mol. The molecule has 3 aliphatic heterocycles. The van der Waals surface area contributed by atoms with Crippen molar-refractivity contribution in [3.8, 4) is 22.6 Å². The molecule has 0 amide bonds. The minimum atomic E-state index is -1.64. The standard InChI is InChI=1S/C30H26N2O12/c33-17-3-1-15(2-4-17)20-13-40-22-9-18(5-6-19(22)26(20)37)42-30-29(44-32-11-16-7-8-31-21(16)12-32)28(39)27(38)23(43-30)14-41-25(36)10-24(34)35/h1-9,11,13,23,27-30,33,38-39H,10,12,14H2,(H,34,35)/t23-,27-,28+,29-,30+/m0/s1. The molecule has 4 N–H and O–H groups in total. The number of ether oxygens (including phenoxy) is 3. The molecule has 0 aliphatic carbocycles. The van der Waals surface area contributed by atoms with Gasteiger partial charge in [0.2, 0.25) is 12.4 Å². The largest absolute Gasteiger partial charge is 0.550 e. The van der Waals surface area contributed by atoms with Crippen LogP contribution in [0, 0.1) is 0 Å². The van der Waals surface area contributed by atoms with Gasteiger partial charge in [-0.25, -0.2) is 0 Å². The summed E-state index contributed by atoms with van der Waals surface area (Å²) in [6.45, 7) is -0.255. The van der Waals surface area contributed by atoms with Gasteiger partial charge in [-0.15, -0.1) is 0 Å². The number of allylic oxidation sites excluding steroid dienone is 1. The number of carboxylic acid groups (broad SMARTS) is 1. The lowest BCUT2D eigenvalue weighted by atomic mass is 9.99. The second kappa shape index (κ2) is 12.0. The molecule has 14 heteroatoms. The Morgan fingerprint density at radius 1 is 1.11 bits per heavy atom. The quantitative estimate of drug-likeness (QED) is 0.166. The molecule has 6 rings (SSSR count). The Kier molecular flexibility index (Phi) is 7.99. The minimum Gasteiger partial charge on any atom is -0.550 e. The summed E-state index contributed by atoms with van der Waals surface area (Å²) in [7, 11) is 0. The van der Waals surface area contributed by atoms with E-state index < -0.39 is 55.7 Å². The zero-order chi connectivity index (χ0) is 31.0. The second-order valence-electron chi connectivity index (χ2n) is 10.3. The van der Waals surface area contributed by atoms with Crippen molar-refractivity contribution in [2.45, 2.75) is 37.1 Å². The van der Waals surface area contributed by atoms with Crippen molar-refractivity contribution in [2.24, 2.45) is 4.99 Å². The van der Waals surface area contributed by atoms with E-state index in [0.29, 0.717) is 17.2 Å². The van der Waals surface area contributed by atoms with Gasteiger partial charge in [0.15, 0.2) is 12.0 Å². The molecule has 1 saturated heterocycles. The molecule has 228 valence electrons. The Bertz CT molecular complexity index is 1740. The van der Waals surface area contributed by atoms with E-state index in [9.17, 15) is 34.8 Å². The summed E-state index contributed by atoms with van der Waals surface area (Å²) >= 11 is 0. The predicted octanol–water partition coefficient (Wildman–Crippen LogP) is -1.27. The summed E-state index contributed by atoms with van der Waals surface area (Å²) in [6.07, 6.45) is -1.66. The van der Waals surface area contributed by atoms with E-state index in [2.05, 4.69) is 4.99 Å². The van der Waals surface area contributed by atoms with Crippen LogP contribution < -0.4 is 20.3 Å². The molecule has 3 aliphatic rings. The first-order chi connectivity index (χ1) is 21.2. The summed E-state index contributed by atoms with van der Waals surface area (Å²) in [5, 5.41) is 42.8. The maximum Gasteiger partial charge on any atom is 0.311 e. The van der Waals surface area contributed by atoms with Gasteiger partial charge in [-0.2, -0.15) is 9.90 Å². The van der Waals surface area contributed by atoms with Crippen LogP contribution in [-0.4, -0.2) is 76.8 Å². The van der Waals surface area contributed by atoms with E-state index in [1.807, 2.05) is 0 Å². The first-order valence-electron chi connectivity index (χ1n) is 13.5. The summed E-state index contributed by atoms with van der Waals surface area (Å²) in [4.78, 5) is 45.9. The van der Waals surface area contributed by atoms with E-state index in [1.54, 1.807) is 30.6 Å². The minimum absolute atomic E-state index is 0.0555. The first-order valence-corrected chi connectivity index (χ1v) is 13.5. The van der Waals surface area contributed by atoms with Crippen LogP contribution in [-0.2, 0) is 23.9 Å². The molecule has 1 aromatic heterocycles. The smallest absolute Gasteiger partial charge is 0.311 e. The highest BCUT2D eigenvalue weighted by Crippen LogP contribution is 2.29. The Morgan fingerprint density at radius 3 is 2.66 bits per heavy atom. The Labute approximate surface area is 248 Å². The van der Waals surface area contributed by atoms with Crippen molar-refractivity contribution in [1.29, 1.82) is 0 Å². The average molecular weight is 607 g/mol. The molecule has 0 radical (unpaired) electrons. The number of nitrogens with zero attached hydrogens (tertiary/aromatic N) is 1. The van der Waals surface area contributed by atoms with Gasteiger partial charge in [0.05, 0.1) is 28.9 Å². The molecule has 0 bridgehead atoms. The summed E-state index contributed by atoms with van der Waals surface area (Å²) in [6, 6.07) is 10.5. The number of aliphatic hydroxyl groups excluding tert-OH is 2. The Morgan fingerprint density at radius 2 is 1.91 bits per heavy atom. The number of hydrogen-bond donors (Lipinski definition) is 4. The van der Waals surface area contributed by atoms with Gasteiger partial charge in [-0.1, -0.05) is 12.1 Å². The van der Waals surface area contributed by atoms with Crippen molar-refractivity contribution in [2.75, 3.05) is 13.2 Å². The lowest BCUT2D eigenvalue weighted by molar-refractivity contribution is -1.05. The molecule has 0 spiro atoms. The van der Waals surface area contributed by atoms with E-state index in [0.717, 1.165) is 11.3 Å².